The number of thiophene rings is 1. The highest BCUT2D eigenvalue weighted by molar-refractivity contribution is 7.09. The van der Waals surface area contributed by atoms with E-state index in [2.05, 4.69) is 83.4 Å². The van der Waals surface area contributed by atoms with Gasteiger partial charge in [-0.25, -0.2) is 4.99 Å². The van der Waals surface area contributed by atoms with Crippen LogP contribution >= 0.6 is 11.3 Å². The largest absolute Gasteiger partial charge is 0.356 e. The smallest absolute Gasteiger partial charge is 0.192 e. The molecule has 0 amide bonds. The van der Waals surface area contributed by atoms with E-state index in [1.807, 2.05) is 18.5 Å². The second-order valence-corrected chi connectivity index (χ2v) is 9.48. The predicted molar refractivity (Wildman–Crippen MR) is 125 cm³/mol. The number of benzene rings is 1. The Balaban J connectivity index is 1.59. The average molecular weight is 425 g/mol. The summed E-state index contributed by atoms with van der Waals surface area (Å²) in [6, 6.07) is 13.1. The number of guanidine groups is 1. The Kier molecular flexibility index (Phi) is 7.26. The number of hydrogen-bond acceptors (Lipinski definition) is 4. The molecule has 30 heavy (non-hydrogen) atoms. The molecule has 0 saturated heterocycles. The molecule has 0 atom stereocenters. The minimum absolute atomic E-state index is 0.181. The second kappa shape index (κ2) is 9.89. The van der Waals surface area contributed by atoms with Crippen LogP contribution in [0.15, 0.2) is 46.8 Å². The lowest BCUT2D eigenvalue weighted by molar-refractivity contribution is 0.590. The molecule has 160 valence electrons. The number of aromatic nitrogens is 3. The van der Waals surface area contributed by atoms with Crippen LogP contribution in [-0.4, -0.2) is 27.3 Å². The first-order valence-electron chi connectivity index (χ1n) is 10.3. The highest BCUT2D eigenvalue weighted by atomic mass is 32.1. The van der Waals surface area contributed by atoms with Crippen LogP contribution in [0, 0.1) is 6.92 Å². The van der Waals surface area contributed by atoms with Crippen molar-refractivity contribution in [3.05, 3.63) is 69.4 Å². The summed E-state index contributed by atoms with van der Waals surface area (Å²) in [5.41, 5.74) is 2.86. The van der Waals surface area contributed by atoms with E-state index in [-0.39, 0.29) is 5.41 Å². The molecule has 0 spiro atoms. The topological polar surface area (TPSA) is 67.1 Å². The van der Waals surface area contributed by atoms with Crippen LogP contribution in [0.2, 0.25) is 0 Å². The maximum absolute atomic E-state index is 4.72. The molecule has 3 rings (SSSR count). The van der Waals surface area contributed by atoms with Crippen LogP contribution in [0.25, 0.3) is 0 Å². The maximum Gasteiger partial charge on any atom is 0.192 e. The molecule has 3 aromatic rings. The van der Waals surface area contributed by atoms with Gasteiger partial charge in [-0.2, -0.15) is 0 Å². The van der Waals surface area contributed by atoms with Gasteiger partial charge in [-0.05, 0) is 41.3 Å². The van der Waals surface area contributed by atoms with E-state index in [1.165, 1.54) is 16.0 Å². The monoisotopic (exact) mass is 424 g/mol. The van der Waals surface area contributed by atoms with Crippen LogP contribution in [0.3, 0.4) is 0 Å². The van der Waals surface area contributed by atoms with Crippen molar-refractivity contribution in [2.24, 2.45) is 12.0 Å². The molecular formula is C23H32N6S. The molecule has 2 heterocycles. The number of nitrogens with one attached hydrogen (secondary N) is 2. The third-order valence-corrected chi connectivity index (χ3v) is 5.97. The van der Waals surface area contributed by atoms with Crippen molar-refractivity contribution in [1.29, 1.82) is 0 Å². The number of aliphatic imine (C=N–C) groups is 1. The van der Waals surface area contributed by atoms with E-state index >= 15 is 0 Å². The molecule has 0 aliphatic rings. The zero-order valence-corrected chi connectivity index (χ0v) is 19.4. The maximum atomic E-state index is 4.72. The first kappa shape index (κ1) is 22.0. The SMILES string of the molecule is Cc1nnc(CN=C(NCCc2ccc(C(C)(C)C)cc2)NCc2cccs2)n1C. The standard InChI is InChI=1S/C23H32N6S/c1-17-27-28-21(29(17)5)16-26-22(25-15-20-7-6-14-30-20)24-13-12-18-8-10-19(11-9-18)23(2,3)4/h6-11,14H,12-13,15-16H2,1-5H3,(H2,24,25,26). The fourth-order valence-electron chi connectivity index (χ4n) is 2.99. The highest BCUT2D eigenvalue weighted by Gasteiger charge is 2.12. The first-order valence-corrected chi connectivity index (χ1v) is 11.2. The van der Waals surface area contributed by atoms with Crippen molar-refractivity contribution in [2.45, 2.75) is 52.6 Å². The van der Waals surface area contributed by atoms with E-state index in [0.29, 0.717) is 6.54 Å². The minimum atomic E-state index is 0.181. The van der Waals surface area contributed by atoms with Crippen LogP contribution in [0.4, 0.5) is 0 Å². The normalized spacial score (nSPS) is 12.2. The number of rotatable bonds is 7. The van der Waals surface area contributed by atoms with Crippen molar-refractivity contribution in [3.63, 3.8) is 0 Å². The summed E-state index contributed by atoms with van der Waals surface area (Å²) in [7, 11) is 1.97. The molecule has 0 saturated carbocycles. The van der Waals surface area contributed by atoms with Gasteiger partial charge in [-0.1, -0.05) is 51.1 Å². The molecule has 0 unspecified atom stereocenters. The molecule has 2 N–H and O–H groups in total. The predicted octanol–water partition coefficient (Wildman–Crippen LogP) is 3.96. The van der Waals surface area contributed by atoms with Gasteiger partial charge in [0.2, 0.25) is 0 Å². The quantitative estimate of drug-likeness (QED) is 0.445. The van der Waals surface area contributed by atoms with Gasteiger partial charge in [0.15, 0.2) is 11.8 Å². The van der Waals surface area contributed by atoms with E-state index in [1.54, 1.807) is 11.3 Å². The third kappa shape index (κ3) is 6.16. The van der Waals surface area contributed by atoms with Gasteiger partial charge >= 0.3 is 0 Å². The van der Waals surface area contributed by atoms with Gasteiger partial charge in [0, 0.05) is 18.5 Å². The number of hydrogen-bond donors (Lipinski definition) is 2. The molecule has 0 aliphatic heterocycles. The fourth-order valence-corrected chi connectivity index (χ4v) is 3.64. The summed E-state index contributed by atoms with van der Waals surface area (Å²) in [6.45, 7) is 10.7. The minimum Gasteiger partial charge on any atom is -0.356 e. The molecule has 7 heteroatoms. The Hall–Kier alpha value is -2.67. The van der Waals surface area contributed by atoms with Crippen LogP contribution in [0.1, 0.15) is 48.4 Å². The molecule has 6 nitrogen and oxygen atoms in total. The second-order valence-electron chi connectivity index (χ2n) is 8.44. The van der Waals surface area contributed by atoms with Crippen LogP contribution < -0.4 is 10.6 Å². The van der Waals surface area contributed by atoms with Gasteiger partial charge in [0.1, 0.15) is 12.4 Å². The summed E-state index contributed by atoms with van der Waals surface area (Å²) in [6.07, 6.45) is 0.938. The summed E-state index contributed by atoms with van der Waals surface area (Å²) in [4.78, 5) is 6.00. The lowest BCUT2D eigenvalue weighted by atomic mass is 9.86. The molecule has 2 aromatic heterocycles. The molecule has 0 radical (unpaired) electrons. The van der Waals surface area contributed by atoms with E-state index in [9.17, 15) is 0 Å². The number of nitrogens with zero attached hydrogens (tertiary/aromatic N) is 4. The molecule has 0 bridgehead atoms. The van der Waals surface area contributed by atoms with Crippen molar-refractivity contribution in [2.75, 3.05) is 6.54 Å². The average Bonchev–Trinajstić information content (AvgIpc) is 3.34. The summed E-state index contributed by atoms with van der Waals surface area (Å²) in [5, 5.41) is 17.3. The Morgan fingerprint density at radius 1 is 1.10 bits per heavy atom. The summed E-state index contributed by atoms with van der Waals surface area (Å²) in [5.74, 6) is 2.53. The fraction of sp³-hybridized carbons (Fsp3) is 0.435. The van der Waals surface area contributed by atoms with Crippen molar-refractivity contribution in [3.8, 4) is 0 Å². The highest BCUT2D eigenvalue weighted by Crippen LogP contribution is 2.22. The zero-order valence-electron chi connectivity index (χ0n) is 18.6. The number of aryl methyl sites for hydroxylation is 1. The zero-order chi connectivity index (χ0) is 21.6. The van der Waals surface area contributed by atoms with Gasteiger partial charge in [0.25, 0.3) is 0 Å². The van der Waals surface area contributed by atoms with Gasteiger partial charge in [-0.15, -0.1) is 21.5 Å². The Morgan fingerprint density at radius 3 is 2.47 bits per heavy atom. The summed E-state index contributed by atoms with van der Waals surface area (Å²) < 4.78 is 1.97. The first-order chi connectivity index (χ1) is 14.3. The van der Waals surface area contributed by atoms with Gasteiger partial charge in [-0.3, -0.25) is 0 Å². The Labute approximate surface area is 183 Å². The van der Waals surface area contributed by atoms with Crippen LogP contribution in [-0.2, 0) is 32.0 Å². The van der Waals surface area contributed by atoms with E-state index < -0.39 is 0 Å². The Morgan fingerprint density at radius 2 is 1.87 bits per heavy atom. The Bertz CT molecular complexity index is 949. The van der Waals surface area contributed by atoms with Crippen molar-refractivity contribution >= 4 is 17.3 Å². The van der Waals surface area contributed by atoms with Crippen molar-refractivity contribution < 1.29 is 0 Å². The van der Waals surface area contributed by atoms with E-state index in [4.69, 9.17) is 4.99 Å². The molecule has 1 aromatic carbocycles. The third-order valence-electron chi connectivity index (χ3n) is 5.10. The molecule has 0 fully saturated rings. The molecule has 0 aliphatic carbocycles. The van der Waals surface area contributed by atoms with Gasteiger partial charge in [0.05, 0.1) is 6.54 Å². The lowest BCUT2D eigenvalue weighted by Gasteiger charge is -2.19. The van der Waals surface area contributed by atoms with E-state index in [0.717, 1.165) is 37.1 Å². The lowest BCUT2D eigenvalue weighted by Crippen LogP contribution is -2.38. The van der Waals surface area contributed by atoms with Crippen molar-refractivity contribution in [1.82, 2.24) is 25.4 Å². The van der Waals surface area contributed by atoms with Crippen LogP contribution in [0.5, 0.6) is 0 Å². The summed E-state index contributed by atoms with van der Waals surface area (Å²) >= 11 is 1.74. The van der Waals surface area contributed by atoms with Gasteiger partial charge < -0.3 is 15.2 Å². The molecular weight excluding hydrogens is 392 g/mol.